The van der Waals surface area contributed by atoms with Crippen LogP contribution in [0.5, 0.6) is 0 Å². The van der Waals surface area contributed by atoms with E-state index in [0.717, 1.165) is 29.6 Å². The van der Waals surface area contributed by atoms with Crippen LogP contribution in [0, 0.1) is 46.3 Å². The summed E-state index contributed by atoms with van der Waals surface area (Å²) in [4.78, 5) is 0. The lowest BCUT2D eigenvalue weighted by atomic mass is 9.46. The van der Waals surface area contributed by atoms with Gasteiger partial charge in [0.25, 0.3) is 0 Å². The Morgan fingerprint density at radius 2 is 1.92 bits per heavy atom. The molecule has 4 aliphatic carbocycles. The predicted molar refractivity (Wildman–Crippen MR) is 104 cm³/mol. The molecule has 4 aliphatic rings. The first-order valence-corrected chi connectivity index (χ1v) is 10.7. The van der Waals surface area contributed by atoms with E-state index >= 15 is 0 Å². The van der Waals surface area contributed by atoms with E-state index < -0.39 is 0 Å². The van der Waals surface area contributed by atoms with E-state index in [2.05, 4.69) is 46.4 Å². The summed E-state index contributed by atoms with van der Waals surface area (Å²) < 4.78 is 0. The van der Waals surface area contributed by atoms with Crippen molar-refractivity contribution in [2.75, 3.05) is 0 Å². The van der Waals surface area contributed by atoms with Crippen molar-refractivity contribution in [3.05, 3.63) is 24.3 Å². The van der Waals surface area contributed by atoms with E-state index in [9.17, 15) is 0 Å². The quantitative estimate of drug-likeness (QED) is 0.478. The minimum Gasteiger partial charge on any atom is -0.103 e. The highest BCUT2D eigenvalue weighted by Crippen LogP contribution is 2.67. The molecule has 0 amide bonds. The fourth-order valence-electron chi connectivity index (χ4n) is 7.91. The standard InChI is InChI=1S/C24H38/c1-6-17(3)20-9-10-21-19-8-7-18-15-16(2)11-13-23(18,4)22(19)12-14-24(20,21)5/h6-7,16-17,19-22H,1,8-15H2,2-5H3/t16-,17+,19?,20+,21?,22?,23-,24+/m0/s1. The van der Waals surface area contributed by atoms with E-state index in [4.69, 9.17) is 0 Å². The predicted octanol–water partition coefficient (Wildman–Crippen LogP) is 7.02. The number of allylic oxidation sites excluding steroid dienone is 3. The molecule has 3 fully saturated rings. The molecular weight excluding hydrogens is 288 g/mol. The normalized spacial score (nSPS) is 51.8. The molecule has 3 saturated carbocycles. The third-order valence-electron chi connectivity index (χ3n) is 9.43. The summed E-state index contributed by atoms with van der Waals surface area (Å²) in [5.41, 5.74) is 2.97. The summed E-state index contributed by atoms with van der Waals surface area (Å²) in [7, 11) is 0. The van der Waals surface area contributed by atoms with Crippen molar-refractivity contribution in [2.24, 2.45) is 46.3 Å². The highest BCUT2D eigenvalue weighted by Gasteiger charge is 2.58. The van der Waals surface area contributed by atoms with Gasteiger partial charge in [-0.25, -0.2) is 0 Å². The van der Waals surface area contributed by atoms with Crippen LogP contribution in [0.3, 0.4) is 0 Å². The first-order valence-electron chi connectivity index (χ1n) is 10.7. The first kappa shape index (κ1) is 16.9. The molecule has 0 heterocycles. The van der Waals surface area contributed by atoms with E-state index in [1.807, 2.05) is 5.57 Å². The van der Waals surface area contributed by atoms with E-state index in [0.29, 0.717) is 16.7 Å². The van der Waals surface area contributed by atoms with Gasteiger partial charge in [-0.15, -0.1) is 6.58 Å². The molecule has 0 aromatic carbocycles. The van der Waals surface area contributed by atoms with Crippen LogP contribution >= 0.6 is 0 Å². The lowest BCUT2D eigenvalue weighted by Gasteiger charge is -2.58. The van der Waals surface area contributed by atoms with Gasteiger partial charge in [0.15, 0.2) is 0 Å². The molecule has 0 bridgehead atoms. The smallest absolute Gasteiger partial charge is 0.00851 e. The van der Waals surface area contributed by atoms with Gasteiger partial charge in [0.2, 0.25) is 0 Å². The van der Waals surface area contributed by atoms with Gasteiger partial charge in [0, 0.05) is 0 Å². The van der Waals surface area contributed by atoms with Crippen molar-refractivity contribution < 1.29 is 0 Å². The Morgan fingerprint density at radius 1 is 1.12 bits per heavy atom. The topological polar surface area (TPSA) is 0 Å². The molecule has 0 heteroatoms. The van der Waals surface area contributed by atoms with Crippen molar-refractivity contribution in [3.63, 3.8) is 0 Å². The molecule has 4 rings (SSSR count). The number of rotatable bonds is 2. The first-order chi connectivity index (χ1) is 11.4. The second-order valence-corrected chi connectivity index (χ2v) is 10.4. The van der Waals surface area contributed by atoms with Crippen LogP contribution in [0.15, 0.2) is 24.3 Å². The lowest BCUT2D eigenvalue weighted by Crippen LogP contribution is -2.50. The minimum atomic E-state index is 0.541. The van der Waals surface area contributed by atoms with Crippen molar-refractivity contribution >= 4 is 0 Å². The summed E-state index contributed by atoms with van der Waals surface area (Å²) in [6.07, 6.45) is 16.5. The maximum Gasteiger partial charge on any atom is -0.00851 e. The maximum atomic E-state index is 4.12. The van der Waals surface area contributed by atoms with E-state index in [-0.39, 0.29) is 0 Å². The van der Waals surface area contributed by atoms with Crippen LogP contribution in [0.2, 0.25) is 0 Å². The second-order valence-electron chi connectivity index (χ2n) is 10.4. The third kappa shape index (κ3) is 2.24. The SMILES string of the molecule is C=C[C@@H](C)[C@H]1CCC2C3CC=C4C[C@@H](C)CC[C@]4(C)C3CC[C@@]21C. The fraction of sp³-hybridized carbons (Fsp3) is 0.833. The second kappa shape index (κ2) is 5.75. The lowest BCUT2D eigenvalue weighted by molar-refractivity contribution is -0.0486. The van der Waals surface area contributed by atoms with Gasteiger partial charge < -0.3 is 0 Å². The molecule has 0 radical (unpaired) electrons. The molecular formula is C24H38. The van der Waals surface area contributed by atoms with Crippen molar-refractivity contribution in [3.8, 4) is 0 Å². The number of hydrogen-bond donors (Lipinski definition) is 0. The molecule has 0 nitrogen and oxygen atoms in total. The summed E-state index contributed by atoms with van der Waals surface area (Å²) >= 11 is 0. The van der Waals surface area contributed by atoms with Crippen LogP contribution in [0.4, 0.5) is 0 Å². The molecule has 8 atom stereocenters. The van der Waals surface area contributed by atoms with Crippen LogP contribution in [-0.2, 0) is 0 Å². The average molecular weight is 327 g/mol. The Balaban J connectivity index is 1.64. The Morgan fingerprint density at radius 3 is 2.67 bits per heavy atom. The average Bonchev–Trinajstić information content (AvgIpc) is 2.92. The Hall–Kier alpha value is -0.520. The molecule has 0 spiro atoms. The summed E-state index contributed by atoms with van der Waals surface area (Å²) in [5.74, 6) is 5.40. The van der Waals surface area contributed by atoms with Crippen LogP contribution in [0.25, 0.3) is 0 Å². The summed E-state index contributed by atoms with van der Waals surface area (Å²) in [5, 5.41) is 0. The Labute approximate surface area is 150 Å². The van der Waals surface area contributed by atoms with Crippen LogP contribution in [-0.4, -0.2) is 0 Å². The Kier molecular flexibility index (Phi) is 4.05. The number of fused-ring (bicyclic) bond motifs is 5. The molecule has 134 valence electrons. The summed E-state index contributed by atoms with van der Waals surface area (Å²) in [6, 6.07) is 0. The Bertz CT molecular complexity index is 542. The molecule has 3 unspecified atom stereocenters. The van der Waals surface area contributed by atoms with Gasteiger partial charge in [-0.1, -0.05) is 45.4 Å². The molecule has 24 heavy (non-hydrogen) atoms. The third-order valence-corrected chi connectivity index (χ3v) is 9.43. The van der Waals surface area contributed by atoms with E-state index in [1.165, 1.54) is 51.4 Å². The summed E-state index contributed by atoms with van der Waals surface area (Å²) in [6.45, 7) is 14.3. The van der Waals surface area contributed by atoms with Gasteiger partial charge >= 0.3 is 0 Å². The zero-order chi connectivity index (χ0) is 17.1. The molecule has 0 aliphatic heterocycles. The molecule has 0 N–H and O–H groups in total. The number of hydrogen-bond acceptors (Lipinski definition) is 0. The van der Waals surface area contributed by atoms with Crippen LogP contribution in [0.1, 0.15) is 79.1 Å². The van der Waals surface area contributed by atoms with Crippen molar-refractivity contribution in [2.45, 2.75) is 79.1 Å². The van der Waals surface area contributed by atoms with Crippen molar-refractivity contribution in [1.29, 1.82) is 0 Å². The van der Waals surface area contributed by atoms with Gasteiger partial charge in [-0.05, 0) is 97.7 Å². The zero-order valence-electron chi connectivity index (χ0n) is 16.5. The van der Waals surface area contributed by atoms with E-state index in [1.54, 1.807) is 0 Å². The molecule has 0 saturated heterocycles. The monoisotopic (exact) mass is 326 g/mol. The maximum absolute atomic E-state index is 4.12. The van der Waals surface area contributed by atoms with Gasteiger partial charge in [0.1, 0.15) is 0 Å². The molecule has 0 aromatic heterocycles. The van der Waals surface area contributed by atoms with Crippen molar-refractivity contribution in [1.82, 2.24) is 0 Å². The van der Waals surface area contributed by atoms with Gasteiger partial charge in [0.05, 0.1) is 0 Å². The highest BCUT2D eigenvalue weighted by atomic mass is 14.6. The molecule has 0 aromatic rings. The fourth-order valence-corrected chi connectivity index (χ4v) is 7.91. The van der Waals surface area contributed by atoms with Gasteiger partial charge in [-0.2, -0.15) is 0 Å². The zero-order valence-corrected chi connectivity index (χ0v) is 16.5. The van der Waals surface area contributed by atoms with Gasteiger partial charge in [-0.3, -0.25) is 0 Å². The minimum absolute atomic E-state index is 0.541. The largest absolute Gasteiger partial charge is 0.103 e. The van der Waals surface area contributed by atoms with Crippen LogP contribution < -0.4 is 0 Å². The highest BCUT2D eigenvalue weighted by molar-refractivity contribution is 5.25.